The monoisotopic (exact) mass is 274 g/mol. The molecular formula is C17H26N2O. The van der Waals surface area contributed by atoms with E-state index in [1.165, 1.54) is 37.9 Å². The van der Waals surface area contributed by atoms with Crippen LogP contribution < -0.4 is 10.1 Å². The number of ether oxygens (including phenoxy) is 1. The second kappa shape index (κ2) is 6.15. The van der Waals surface area contributed by atoms with Crippen molar-refractivity contribution in [3.8, 4) is 5.75 Å². The van der Waals surface area contributed by atoms with Gasteiger partial charge in [0.15, 0.2) is 0 Å². The van der Waals surface area contributed by atoms with Crippen molar-refractivity contribution in [3.05, 3.63) is 29.8 Å². The van der Waals surface area contributed by atoms with Gasteiger partial charge in [0.1, 0.15) is 12.4 Å². The van der Waals surface area contributed by atoms with E-state index >= 15 is 0 Å². The van der Waals surface area contributed by atoms with Crippen LogP contribution in [0.15, 0.2) is 24.3 Å². The van der Waals surface area contributed by atoms with E-state index in [2.05, 4.69) is 48.5 Å². The number of likely N-dealkylation sites (N-methyl/N-ethyl adjacent to an activating group) is 1. The van der Waals surface area contributed by atoms with Gasteiger partial charge < -0.3 is 10.1 Å². The van der Waals surface area contributed by atoms with E-state index in [-0.39, 0.29) is 0 Å². The first-order valence-corrected chi connectivity index (χ1v) is 7.96. The lowest BCUT2D eigenvalue weighted by Crippen LogP contribution is -2.50. The largest absolute Gasteiger partial charge is 0.492 e. The maximum Gasteiger partial charge on any atom is 0.124 e. The number of fused-ring (bicyclic) bond motifs is 1. The fourth-order valence-corrected chi connectivity index (χ4v) is 3.32. The van der Waals surface area contributed by atoms with Gasteiger partial charge in [0.05, 0.1) is 12.1 Å². The molecule has 0 radical (unpaired) electrons. The molecule has 3 nitrogen and oxygen atoms in total. The van der Waals surface area contributed by atoms with Gasteiger partial charge >= 0.3 is 0 Å². The number of nitrogens with zero attached hydrogens (tertiary/aromatic N) is 1. The molecule has 1 fully saturated rings. The lowest BCUT2D eigenvalue weighted by molar-refractivity contribution is 0.0840. The number of benzene rings is 1. The molecule has 1 aromatic rings. The summed E-state index contributed by atoms with van der Waals surface area (Å²) in [4.78, 5) is 2.65. The van der Waals surface area contributed by atoms with Crippen LogP contribution in [0.5, 0.6) is 5.75 Å². The molecule has 1 saturated carbocycles. The average Bonchev–Trinajstić information content (AvgIpc) is 3.29. The molecule has 110 valence electrons. The van der Waals surface area contributed by atoms with Crippen molar-refractivity contribution in [3.63, 3.8) is 0 Å². The summed E-state index contributed by atoms with van der Waals surface area (Å²) in [6, 6.07) is 9.28. The van der Waals surface area contributed by atoms with Gasteiger partial charge in [-0.15, -0.1) is 0 Å². The molecule has 0 saturated heterocycles. The van der Waals surface area contributed by atoms with Crippen molar-refractivity contribution >= 4 is 0 Å². The van der Waals surface area contributed by atoms with Gasteiger partial charge in [0.25, 0.3) is 0 Å². The van der Waals surface area contributed by atoms with Crippen molar-refractivity contribution in [2.45, 2.75) is 38.3 Å². The molecule has 1 aliphatic carbocycles. The SMILES string of the molecule is CCCN(CC1CC1)C1COc2ccccc2C1NC. The lowest BCUT2D eigenvalue weighted by Gasteiger charge is -2.40. The van der Waals surface area contributed by atoms with Crippen LogP contribution in [0.4, 0.5) is 0 Å². The molecule has 1 aliphatic heterocycles. The van der Waals surface area contributed by atoms with Gasteiger partial charge in [0, 0.05) is 12.1 Å². The van der Waals surface area contributed by atoms with E-state index in [0.717, 1.165) is 18.3 Å². The minimum Gasteiger partial charge on any atom is -0.492 e. The summed E-state index contributed by atoms with van der Waals surface area (Å²) >= 11 is 0. The highest BCUT2D eigenvalue weighted by atomic mass is 16.5. The molecule has 0 aromatic heterocycles. The molecule has 0 amide bonds. The number of nitrogens with one attached hydrogen (secondary N) is 1. The van der Waals surface area contributed by atoms with Crippen LogP contribution in [0.3, 0.4) is 0 Å². The zero-order chi connectivity index (χ0) is 13.9. The van der Waals surface area contributed by atoms with Crippen molar-refractivity contribution < 1.29 is 4.74 Å². The summed E-state index contributed by atoms with van der Waals surface area (Å²) < 4.78 is 6.02. The van der Waals surface area contributed by atoms with Gasteiger partial charge in [-0.2, -0.15) is 0 Å². The number of rotatable bonds is 6. The van der Waals surface area contributed by atoms with Crippen molar-refractivity contribution in [1.82, 2.24) is 10.2 Å². The Balaban J connectivity index is 1.80. The predicted molar refractivity (Wildman–Crippen MR) is 82.1 cm³/mol. The summed E-state index contributed by atoms with van der Waals surface area (Å²) in [5.74, 6) is 1.97. The van der Waals surface area contributed by atoms with E-state index < -0.39 is 0 Å². The Morgan fingerprint density at radius 2 is 2.10 bits per heavy atom. The van der Waals surface area contributed by atoms with Gasteiger partial charge in [-0.25, -0.2) is 0 Å². The third kappa shape index (κ3) is 2.84. The second-order valence-electron chi connectivity index (χ2n) is 6.12. The third-order valence-corrected chi connectivity index (χ3v) is 4.53. The maximum absolute atomic E-state index is 6.02. The number of hydrogen-bond acceptors (Lipinski definition) is 3. The van der Waals surface area contributed by atoms with E-state index in [4.69, 9.17) is 4.74 Å². The molecule has 0 bridgehead atoms. The summed E-state index contributed by atoms with van der Waals surface area (Å²) in [6.07, 6.45) is 4.03. The fraction of sp³-hybridized carbons (Fsp3) is 0.647. The minimum absolute atomic E-state index is 0.380. The van der Waals surface area contributed by atoms with Gasteiger partial charge in [-0.3, -0.25) is 4.90 Å². The predicted octanol–water partition coefficient (Wildman–Crippen LogP) is 2.83. The normalized spacial score (nSPS) is 25.4. The summed E-state index contributed by atoms with van der Waals surface area (Å²) in [5, 5.41) is 3.52. The zero-order valence-corrected chi connectivity index (χ0v) is 12.6. The van der Waals surface area contributed by atoms with Crippen LogP contribution in [0.1, 0.15) is 37.8 Å². The summed E-state index contributed by atoms with van der Waals surface area (Å²) in [6.45, 7) is 5.48. The standard InChI is InChI=1S/C17H26N2O/c1-3-10-19(11-13-8-9-13)15-12-20-16-7-5-4-6-14(16)17(15)18-2/h4-7,13,15,17-18H,3,8-12H2,1-2H3. The molecule has 2 atom stereocenters. The van der Waals surface area contributed by atoms with Gasteiger partial charge in [-0.05, 0) is 44.8 Å². The molecule has 3 rings (SSSR count). The van der Waals surface area contributed by atoms with Crippen LogP contribution in [0, 0.1) is 5.92 Å². The molecule has 1 aromatic carbocycles. The fourth-order valence-electron chi connectivity index (χ4n) is 3.32. The third-order valence-electron chi connectivity index (χ3n) is 4.53. The molecule has 2 aliphatic rings. The van der Waals surface area contributed by atoms with Crippen LogP contribution in [-0.2, 0) is 0 Å². The average molecular weight is 274 g/mol. The highest BCUT2D eigenvalue weighted by Gasteiger charge is 2.36. The smallest absolute Gasteiger partial charge is 0.124 e. The Morgan fingerprint density at radius 3 is 2.80 bits per heavy atom. The van der Waals surface area contributed by atoms with Crippen LogP contribution >= 0.6 is 0 Å². The maximum atomic E-state index is 6.02. The van der Waals surface area contributed by atoms with Crippen molar-refractivity contribution in [1.29, 1.82) is 0 Å². The van der Waals surface area contributed by atoms with E-state index in [9.17, 15) is 0 Å². The molecule has 0 spiro atoms. The molecule has 2 unspecified atom stereocenters. The van der Waals surface area contributed by atoms with Crippen LogP contribution in [-0.4, -0.2) is 37.7 Å². The zero-order valence-electron chi connectivity index (χ0n) is 12.6. The molecule has 1 N–H and O–H groups in total. The van der Waals surface area contributed by atoms with Gasteiger partial charge in [-0.1, -0.05) is 25.1 Å². The Morgan fingerprint density at radius 1 is 1.30 bits per heavy atom. The minimum atomic E-state index is 0.380. The first-order chi connectivity index (χ1) is 9.83. The van der Waals surface area contributed by atoms with E-state index in [1.807, 2.05) is 0 Å². The lowest BCUT2D eigenvalue weighted by atomic mass is 9.95. The molecular weight excluding hydrogens is 248 g/mol. The van der Waals surface area contributed by atoms with Crippen LogP contribution in [0.25, 0.3) is 0 Å². The Hall–Kier alpha value is -1.06. The number of hydrogen-bond donors (Lipinski definition) is 1. The molecule has 20 heavy (non-hydrogen) atoms. The number of para-hydroxylation sites is 1. The first kappa shape index (κ1) is 13.9. The molecule has 1 heterocycles. The highest BCUT2D eigenvalue weighted by Crippen LogP contribution is 2.36. The Kier molecular flexibility index (Phi) is 4.27. The Bertz CT molecular complexity index is 444. The quantitative estimate of drug-likeness (QED) is 0.863. The first-order valence-electron chi connectivity index (χ1n) is 7.96. The van der Waals surface area contributed by atoms with E-state index in [1.54, 1.807) is 0 Å². The van der Waals surface area contributed by atoms with E-state index in [0.29, 0.717) is 12.1 Å². The van der Waals surface area contributed by atoms with Crippen molar-refractivity contribution in [2.24, 2.45) is 5.92 Å². The highest BCUT2D eigenvalue weighted by molar-refractivity contribution is 5.38. The second-order valence-corrected chi connectivity index (χ2v) is 6.12. The van der Waals surface area contributed by atoms with Gasteiger partial charge in [0.2, 0.25) is 0 Å². The van der Waals surface area contributed by atoms with Crippen molar-refractivity contribution in [2.75, 3.05) is 26.7 Å². The topological polar surface area (TPSA) is 24.5 Å². The molecule has 3 heteroatoms. The summed E-state index contributed by atoms with van der Waals surface area (Å²) in [5.41, 5.74) is 1.31. The van der Waals surface area contributed by atoms with Crippen LogP contribution in [0.2, 0.25) is 0 Å². The summed E-state index contributed by atoms with van der Waals surface area (Å²) in [7, 11) is 2.07. The Labute approximate surface area is 122 Å².